The van der Waals surface area contributed by atoms with Gasteiger partial charge in [-0.25, -0.2) is 0 Å². The van der Waals surface area contributed by atoms with Crippen molar-refractivity contribution < 1.29 is 0 Å². The second-order valence-corrected chi connectivity index (χ2v) is 4.35. The number of thioether (sulfide) groups is 1. The van der Waals surface area contributed by atoms with Gasteiger partial charge in [-0.05, 0) is 18.2 Å². The summed E-state index contributed by atoms with van der Waals surface area (Å²) in [6.07, 6.45) is 1.16. The Kier molecular flexibility index (Phi) is 4.40. The summed E-state index contributed by atoms with van der Waals surface area (Å²) < 4.78 is 0. The van der Waals surface area contributed by atoms with E-state index in [4.69, 9.17) is 11.6 Å². The summed E-state index contributed by atoms with van der Waals surface area (Å²) in [6.45, 7) is 6.16. The lowest BCUT2D eigenvalue weighted by atomic mass is 10.2. The SMILES string of the molecule is C=C(SCCC)c1ccccc1Cl. The average molecular weight is 213 g/mol. The van der Waals surface area contributed by atoms with Gasteiger partial charge in [0.1, 0.15) is 0 Å². The maximum absolute atomic E-state index is 6.02. The van der Waals surface area contributed by atoms with Crippen LogP contribution in [0.15, 0.2) is 30.8 Å². The van der Waals surface area contributed by atoms with Crippen molar-refractivity contribution in [2.45, 2.75) is 13.3 Å². The molecule has 0 aliphatic heterocycles. The van der Waals surface area contributed by atoms with Gasteiger partial charge in [0.05, 0.1) is 0 Å². The molecular weight excluding hydrogens is 200 g/mol. The summed E-state index contributed by atoms with van der Waals surface area (Å²) in [7, 11) is 0. The molecule has 0 saturated heterocycles. The van der Waals surface area contributed by atoms with Gasteiger partial charge in [-0.3, -0.25) is 0 Å². The zero-order valence-corrected chi connectivity index (χ0v) is 9.29. The Morgan fingerprint density at radius 2 is 2.15 bits per heavy atom. The number of hydrogen-bond acceptors (Lipinski definition) is 1. The molecular formula is C11H13ClS. The smallest absolute Gasteiger partial charge is 0.0489 e. The van der Waals surface area contributed by atoms with Gasteiger partial charge in [0, 0.05) is 15.5 Å². The summed E-state index contributed by atoms with van der Waals surface area (Å²) in [5.41, 5.74) is 1.06. The van der Waals surface area contributed by atoms with Gasteiger partial charge in [0.15, 0.2) is 0 Å². The highest BCUT2D eigenvalue weighted by molar-refractivity contribution is 8.08. The fourth-order valence-corrected chi connectivity index (χ4v) is 2.08. The molecule has 0 amide bonds. The molecule has 0 nitrogen and oxygen atoms in total. The van der Waals surface area contributed by atoms with E-state index in [1.807, 2.05) is 24.3 Å². The number of rotatable bonds is 4. The minimum atomic E-state index is 0.788. The van der Waals surface area contributed by atoms with Crippen LogP contribution in [0.1, 0.15) is 18.9 Å². The largest absolute Gasteiger partial charge is 0.126 e. The first-order valence-corrected chi connectivity index (χ1v) is 5.68. The minimum Gasteiger partial charge on any atom is -0.126 e. The molecule has 0 atom stereocenters. The first kappa shape index (κ1) is 10.7. The molecule has 0 aliphatic rings. The summed E-state index contributed by atoms with van der Waals surface area (Å²) in [4.78, 5) is 1.06. The molecule has 0 fully saturated rings. The van der Waals surface area contributed by atoms with Crippen LogP contribution in [0.25, 0.3) is 4.91 Å². The van der Waals surface area contributed by atoms with Crippen LogP contribution in [-0.4, -0.2) is 5.75 Å². The third-order valence-electron chi connectivity index (χ3n) is 1.65. The fraction of sp³-hybridized carbons (Fsp3) is 0.273. The first-order chi connectivity index (χ1) is 6.25. The van der Waals surface area contributed by atoms with Crippen LogP contribution in [0.2, 0.25) is 5.02 Å². The van der Waals surface area contributed by atoms with Gasteiger partial charge < -0.3 is 0 Å². The Bertz CT molecular complexity index is 294. The predicted molar refractivity (Wildman–Crippen MR) is 63.2 cm³/mol. The molecule has 0 unspecified atom stereocenters. The lowest BCUT2D eigenvalue weighted by molar-refractivity contribution is 1.11. The minimum absolute atomic E-state index is 0.788. The second kappa shape index (κ2) is 5.36. The van der Waals surface area contributed by atoms with Crippen molar-refractivity contribution in [3.8, 4) is 0 Å². The Hall–Kier alpha value is -0.400. The highest BCUT2D eigenvalue weighted by atomic mass is 35.5. The van der Waals surface area contributed by atoms with Crippen molar-refractivity contribution in [3.63, 3.8) is 0 Å². The molecule has 0 radical (unpaired) electrons. The van der Waals surface area contributed by atoms with Crippen LogP contribution in [0.4, 0.5) is 0 Å². The van der Waals surface area contributed by atoms with Crippen molar-refractivity contribution in [2.24, 2.45) is 0 Å². The van der Waals surface area contributed by atoms with Crippen molar-refractivity contribution >= 4 is 28.3 Å². The third kappa shape index (κ3) is 3.09. The molecule has 0 spiro atoms. The Morgan fingerprint density at radius 3 is 2.77 bits per heavy atom. The van der Waals surface area contributed by atoms with Gasteiger partial charge >= 0.3 is 0 Å². The average Bonchev–Trinajstić information content (AvgIpc) is 2.15. The molecule has 13 heavy (non-hydrogen) atoms. The van der Waals surface area contributed by atoms with E-state index < -0.39 is 0 Å². The van der Waals surface area contributed by atoms with Crippen molar-refractivity contribution in [1.29, 1.82) is 0 Å². The zero-order chi connectivity index (χ0) is 9.68. The molecule has 0 saturated carbocycles. The Morgan fingerprint density at radius 1 is 1.46 bits per heavy atom. The molecule has 0 aromatic heterocycles. The van der Waals surface area contributed by atoms with Crippen LogP contribution in [0.3, 0.4) is 0 Å². The summed E-state index contributed by atoms with van der Waals surface area (Å²) in [5, 5.41) is 0.788. The molecule has 1 rings (SSSR count). The Balaban J connectivity index is 2.71. The normalized spacial score (nSPS) is 10.0. The van der Waals surface area contributed by atoms with Crippen molar-refractivity contribution in [2.75, 3.05) is 5.75 Å². The highest BCUT2D eigenvalue weighted by Gasteiger charge is 2.02. The first-order valence-electron chi connectivity index (χ1n) is 4.32. The van der Waals surface area contributed by atoms with Crippen molar-refractivity contribution in [3.05, 3.63) is 41.4 Å². The van der Waals surface area contributed by atoms with E-state index in [9.17, 15) is 0 Å². The van der Waals surface area contributed by atoms with E-state index in [1.165, 1.54) is 0 Å². The molecule has 1 aromatic rings. The molecule has 1 aromatic carbocycles. The summed E-state index contributed by atoms with van der Waals surface area (Å²) in [6, 6.07) is 7.82. The molecule has 0 aliphatic carbocycles. The summed E-state index contributed by atoms with van der Waals surface area (Å²) >= 11 is 7.79. The van der Waals surface area contributed by atoms with Gasteiger partial charge in [0.2, 0.25) is 0 Å². The molecule has 70 valence electrons. The lowest BCUT2D eigenvalue weighted by Crippen LogP contribution is -1.81. The van der Waals surface area contributed by atoms with E-state index in [0.717, 1.165) is 27.7 Å². The summed E-state index contributed by atoms with van der Waals surface area (Å²) in [5.74, 6) is 1.10. The zero-order valence-electron chi connectivity index (χ0n) is 7.72. The van der Waals surface area contributed by atoms with Crippen LogP contribution >= 0.6 is 23.4 Å². The van der Waals surface area contributed by atoms with E-state index in [2.05, 4.69) is 13.5 Å². The van der Waals surface area contributed by atoms with E-state index in [0.29, 0.717) is 0 Å². The van der Waals surface area contributed by atoms with Crippen molar-refractivity contribution in [1.82, 2.24) is 0 Å². The van der Waals surface area contributed by atoms with Gasteiger partial charge in [-0.1, -0.05) is 43.3 Å². The predicted octanol–water partition coefficient (Wildman–Crippen LogP) is 4.45. The third-order valence-corrected chi connectivity index (χ3v) is 3.17. The van der Waals surface area contributed by atoms with Crippen LogP contribution in [-0.2, 0) is 0 Å². The molecule has 0 heterocycles. The maximum atomic E-state index is 6.02. The van der Waals surface area contributed by atoms with Gasteiger partial charge in [-0.2, -0.15) is 0 Å². The van der Waals surface area contributed by atoms with E-state index in [1.54, 1.807) is 11.8 Å². The topological polar surface area (TPSA) is 0 Å². The number of benzene rings is 1. The molecule has 0 N–H and O–H groups in total. The second-order valence-electron chi connectivity index (χ2n) is 2.75. The van der Waals surface area contributed by atoms with E-state index >= 15 is 0 Å². The maximum Gasteiger partial charge on any atom is 0.0489 e. The monoisotopic (exact) mass is 212 g/mol. The van der Waals surface area contributed by atoms with Gasteiger partial charge in [-0.15, -0.1) is 11.8 Å². The highest BCUT2D eigenvalue weighted by Crippen LogP contribution is 2.30. The number of halogens is 1. The fourth-order valence-electron chi connectivity index (χ4n) is 0.990. The van der Waals surface area contributed by atoms with Crippen LogP contribution in [0.5, 0.6) is 0 Å². The lowest BCUT2D eigenvalue weighted by Gasteiger charge is -2.05. The van der Waals surface area contributed by atoms with Gasteiger partial charge in [0.25, 0.3) is 0 Å². The molecule has 0 bridgehead atoms. The van der Waals surface area contributed by atoms with Crippen LogP contribution in [0, 0.1) is 0 Å². The Labute approximate surface area is 89.0 Å². The van der Waals surface area contributed by atoms with E-state index in [-0.39, 0.29) is 0 Å². The number of hydrogen-bond donors (Lipinski definition) is 0. The quantitative estimate of drug-likeness (QED) is 0.711. The standard InChI is InChI=1S/C11H13ClS/c1-3-8-13-9(2)10-6-4-5-7-11(10)12/h4-7H,2-3,8H2,1H3. The van der Waals surface area contributed by atoms with Crippen LogP contribution < -0.4 is 0 Å². The molecule has 2 heteroatoms.